The van der Waals surface area contributed by atoms with Gasteiger partial charge in [-0.15, -0.1) is 11.3 Å². The molecule has 0 aliphatic rings. The Balaban J connectivity index is 1.85. The van der Waals surface area contributed by atoms with Gasteiger partial charge in [-0.1, -0.05) is 11.2 Å². The van der Waals surface area contributed by atoms with Crippen LogP contribution >= 0.6 is 11.3 Å². The van der Waals surface area contributed by atoms with E-state index < -0.39 is 10.8 Å². The zero-order valence-corrected chi connectivity index (χ0v) is 13.9. The number of thiophene rings is 1. The number of carbonyl (C=O) groups excluding carboxylic acids is 1. The van der Waals surface area contributed by atoms with Crippen molar-refractivity contribution in [3.05, 3.63) is 56.3 Å². The summed E-state index contributed by atoms with van der Waals surface area (Å²) in [6, 6.07) is 7.22. The Morgan fingerprint density at radius 3 is 2.96 bits per heavy atom. The largest absolute Gasteiger partial charge is 0.507 e. The van der Waals surface area contributed by atoms with Crippen LogP contribution < -0.4 is 5.43 Å². The number of nitrogens with one attached hydrogen (secondary N) is 1. The molecule has 1 aromatic carbocycles. The molecule has 2 rings (SSSR count). The molecule has 0 unspecified atom stereocenters. The average Bonchev–Trinajstić information content (AvgIpc) is 3.11. The van der Waals surface area contributed by atoms with Crippen molar-refractivity contribution in [3.63, 3.8) is 0 Å². The SMILES string of the molecule is CC(=NOCC(=O)NN=Cc1cc([N+](=O)[O-])ccc1O)c1cccs1. The predicted molar refractivity (Wildman–Crippen MR) is 93.0 cm³/mol. The first-order chi connectivity index (χ1) is 12.0. The van der Waals surface area contributed by atoms with E-state index in [9.17, 15) is 20.0 Å². The molecule has 0 fully saturated rings. The molecule has 1 heterocycles. The maximum Gasteiger partial charge on any atom is 0.280 e. The number of phenolic OH excluding ortho intramolecular Hbond substituents is 1. The number of rotatable bonds is 7. The third kappa shape index (κ3) is 5.39. The number of nitrogens with zero attached hydrogens (tertiary/aromatic N) is 3. The van der Waals surface area contributed by atoms with Crippen molar-refractivity contribution in [2.24, 2.45) is 10.3 Å². The second kappa shape index (κ2) is 8.55. The number of hydrogen-bond donors (Lipinski definition) is 2. The second-order valence-corrected chi connectivity index (χ2v) is 5.67. The molecule has 130 valence electrons. The minimum absolute atomic E-state index is 0.0991. The molecule has 0 aliphatic heterocycles. The van der Waals surface area contributed by atoms with E-state index in [-0.39, 0.29) is 23.6 Å². The number of phenols is 1. The number of benzene rings is 1. The summed E-state index contributed by atoms with van der Waals surface area (Å²) in [4.78, 5) is 27.5. The minimum atomic E-state index is -0.600. The van der Waals surface area contributed by atoms with Crippen LogP contribution in [-0.2, 0) is 9.63 Å². The Morgan fingerprint density at radius 2 is 2.28 bits per heavy atom. The average molecular weight is 362 g/mol. The molecule has 0 atom stereocenters. The normalized spacial score (nSPS) is 11.5. The summed E-state index contributed by atoms with van der Waals surface area (Å²) in [5.41, 5.74) is 2.72. The Bertz CT molecular complexity index is 817. The summed E-state index contributed by atoms with van der Waals surface area (Å²) in [6.07, 6.45) is 1.10. The quantitative estimate of drug-likeness (QED) is 0.444. The zero-order valence-electron chi connectivity index (χ0n) is 13.1. The van der Waals surface area contributed by atoms with Gasteiger partial charge in [0.15, 0.2) is 6.61 Å². The number of aromatic hydroxyl groups is 1. The van der Waals surface area contributed by atoms with Crippen molar-refractivity contribution >= 4 is 34.9 Å². The maximum atomic E-state index is 11.6. The third-order valence-electron chi connectivity index (χ3n) is 2.89. The topological polar surface area (TPSA) is 126 Å². The summed E-state index contributed by atoms with van der Waals surface area (Å²) < 4.78 is 0. The second-order valence-electron chi connectivity index (χ2n) is 4.72. The summed E-state index contributed by atoms with van der Waals surface area (Å²) in [5.74, 6) is -0.764. The van der Waals surface area contributed by atoms with Crippen molar-refractivity contribution in [2.45, 2.75) is 6.92 Å². The first kappa shape index (κ1) is 18.1. The van der Waals surface area contributed by atoms with Gasteiger partial charge >= 0.3 is 0 Å². The number of carbonyl (C=O) groups is 1. The van der Waals surface area contributed by atoms with Gasteiger partial charge in [-0.3, -0.25) is 14.9 Å². The molecule has 25 heavy (non-hydrogen) atoms. The van der Waals surface area contributed by atoms with E-state index in [0.29, 0.717) is 5.71 Å². The lowest BCUT2D eigenvalue weighted by Crippen LogP contribution is -2.22. The van der Waals surface area contributed by atoms with Gasteiger partial charge in [-0.25, -0.2) is 5.43 Å². The molecule has 9 nitrogen and oxygen atoms in total. The van der Waals surface area contributed by atoms with Crippen molar-refractivity contribution in [2.75, 3.05) is 6.61 Å². The van der Waals surface area contributed by atoms with Gasteiger partial charge < -0.3 is 9.94 Å². The zero-order chi connectivity index (χ0) is 18.2. The number of nitro benzene ring substituents is 1. The fourth-order valence-corrected chi connectivity index (χ4v) is 2.35. The summed E-state index contributed by atoms with van der Waals surface area (Å²) in [6.45, 7) is 1.41. The molecule has 1 amide bonds. The third-order valence-corrected chi connectivity index (χ3v) is 3.87. The molecule has 0 aliphatic carbocycles. The van der Waals surface area contributed by atoms with Gasteiger partial charge in [0.2, 0.25) is 0 Å². The molecule has 0 saturated heterocycles. The van der Waals surface area contributed by atoms with Crippen LogP contribution in [-0.4, -0.2) is 34.5 Å². The molecular weight excluding hydrogens is 348 g/mol. The lowest BCUT2D eigenvalue weighted by atomic mass is 10.2. The van der Waals surface area contributed by atoms with Gasteiger partial charge in [0.05, 0.1) is 21.7 Å². The highest BCUT2D eigenvalue weighted by atomic mass is 32.1. The Hall–Kier alpha value is -3.27. The van der Waals surface area contributed by atoms with Gasteiger partial charge in [0, 0.05) is 17.7 Å². The smallest absolute Gasteiger partial charge is 0.280 e. The van der Waals surface area contributed by atoms with Gasteiger partial charge in [0.25, 0.3) is 11.6 Å². The highest BCUT2D eigenvalue weighted by molar-refractivity contribution is 7.12. The van der Waals surface area contributed by atoms with Crippen molar-refractivity contribution in [1.29, 1.82) is 0 Å². The summed E-state index contributed by atoms with van der Waals surface area (Å²) in [7, 11) is 0. The number of non-ortho nitro benzene ring substituents is 1. The minimum Gasteiger partial charge on any atom is -0.507 e. The first-order valence-electron chi connectivity index (χ1n) is 6.97. The van der Waals surface area contributed by atoms with Crippen LogP contribution in [0.5, 0.6) is 5.75 Å². The lowest BCUT2D eigenvalue weighted by molar-refractivity contribution is -0.384. The van der Waals surface area contributed by atoms with Crippen molar-refractivity contribution in [3.8, 4) is 5.75 Å². The lowest BCUT2D eigenvalue weighted by Gasteiger charge is -2.01. The van der Waals surface area contributed by atoms with E-state index in [0.717, 1.165) is 23.2 Å². The number of hydrazone groups is 1. The summed E-state index contributed by atoms with van der Waals surface area (Å²) >= 11 is 1.50. The highest BCUT2D eigenvalue weighted by Gasteiger charge is 2.09. The van der Waals surface area contributed by atoms with Crippen LogP contribution in [0.15, 0.2) is 46.0 Å². The van der Waals surface area contributed by atoms with E-state index in [1.54, 1.807) is 6.92 Å². The van der Waals surface area contributed by atoms with Gasteiger partial charge in [-0.05, 0) is 24.4 Å². The van der Waals surface area contributed by atoms with E-state index >= 15 is 0 Å². The summed E-state index contributed by atoms with van der Waals surface area (Å²) in [5, 5.41) is 29.6. The van der Waals surface area contributed by atoms with E-state index in [1.165, 1.54) is 17.4 Å². The monoisotopic (exact) mass is 362 g/mol. The van der Waals surface area contributed by atoms with Crippen LogP contribution in [0.2, 0.25) is 0 Å². The number of hydrogen-bond acceptors (Lipinski definition) is 8. The molecule has 0 spiro atoms. The Kier molecular flexibility index (Phi) is 6.18. The molecule has 0 bridgehead atoms. The molecule has 2 aromatic rings. The maximum absolute atomic E-state index is 11.6. The Labute approximate surface area is 146 Å². The highest BCUT2D eigenvalue weighted by Crippen LogP contribution is 2.21. The number of amides is 1. The van der Waals surface area contributed by atoms with Crippen LogP contribution in [0.1, 0.15) is 17.4 Å². The van der Waals surface area contributed by atoms with Gasteiger partial charge in [-0.2, -0.15) is 5.10 Å². The van der Waals surface area contributed by atoms with Crippen LogP contribution in [0.3, 0.4) is 0 Å². The standard InChI is InChI=1S/C15H14N4O5S/c1-10(14-3-2-6-25-14)18-24-9-15(21)17-16-8-11-7-12(19(22)23)4-5-13(11)20/h2-8,20H,9H2,1H3,(H,17,21). The van der Waals surface area contributed by atoms with E-state index in [2.05, 4.69) is 15.7 Å². The fourth-order valence-electron chi connectivity index (χ4n) is 1.68. The molecule has 1 aromatic heterocycles. The number of nitro groups is 1. The van der Waals surface area contributed by atoms with Gasteiger partial charge in [0.1, 0.15) is 5.75 Å². The van der Waals surface area contributed by atoms with Crippen LogP contribution in [0, 0.1) is 10.1 Å². The molecule has 10 heteroatoms. The molecule has 0 radical (unpaired) electrons. The molecule has 2 N–H and O–H groups in total. The first-order valence-corrected chi connectivity index (χ1v) is 7.85. The Morgan fingerprint density at radius 1 is 1.48 bits per heavy atom. The molecular formula is C15H14N4O5S. The fraction of sp³-hybridized carbons (Fsp3) is 0.133. The predicted octanol–water partition coefficient (Wildman–Crippen LogP) is 2.25. The van der Waals surface area contributed by atoms with Crippen molar-refractivity contribution in [1.82, 2.24) is 5.43 Å². The van der Waals surface area contributed by atoms with Crippen LogP contribution in [0.25, 0.3) is 0 Å². The van der Waals surface area contributed by atoms with Crippen molar-refractivity contribution < 1.29 is 19.7 Å². The molecule has 0 saturated carbocycles. The van der Waals surface area contributed by atoms with E-state index in [4.69, 9.17) is 4.84 Å². The van der Waals surface area contributed by atoms with E-state index in [1.807, 2.05) is 17.5 Å². The number of oxime groups is 1. The van der Waals surface area contributed by atoms with Crippen LogP contribution in [0.4, 0.5) is 5.69 Å².